The van der Waals surface area contributed by atoms with E-state index in [0.717, 1.165) is 47.7 Å². The summed E-state index contributed by atoms with van der Waals surface area (Å²) in [5.41, 5.74) is 5.49. The van der Waals surface area contributed by atoms with Crippen molar-refractivity contribution in [3.63, 3.8) is 0 Å². The van der Waals surface area contributed by atoms with E-state index in [0.29, 0.717) is 30.2 Å². The van der Waals surface area contributed by atoms with Crippen molar-refractivity contribution < 1.29 is 14.7 Å². The molecule has 36 heavy (non-hydrogen) atoms. The lowest BCUT2D eigenvalue weighted by Crippen LogP contribution is -2.48. The number of benzene rings is 3. The van der Waals surface area contributed by atoms with Gasteiger partial charge in [0.1, 0.15) is 0 Å². The van der Waals surface area contributed by atoms with Crippen molar-refractivity contribution in [2.75, 3.05) is 0 Å². The van der Waals surface area contributed by atoms with Crippen LogP contribution in [0.5, 0.6) is 0 Å². The number of ketones is 1. The van der Waals surface area contributed by atoms with E-state index in [2.05, 4.69) is 41.5 Å². The first-order chi connectivity index (χ1) is 17.5. The minimum atomic E-state index is -0.697. The highest BCUT2D eigenvalue weighted by Crippen LogP contribution is 2.62. The van der Waals surface area contributed by atoms with E-state index in [1.54, 1.807) is 0 Å². The second-order valence-corrected chi connectivity index (χ2v) is 10.9. The largest absolute Gasteiger partial charge is 0.481 e. The number of fused-ring (bicyclic) bond motifs is 1. The van der Waals surface area contributed by atoms with E-state index in [1.165, 1.54) is 11.1 Å². The number of carboxylic acid groups (broad SMARTS) is 1. The van der Waals surface area contributed by atoms with E-state index in [-0.39, 0.29) is 12.2 Å². The Morgan fingerprint density at radius 2 is 1.50 bits per heavy atom. The molecule has 0 unspecified atom stereocenters. The molecular weight excluding hydrogens is 448 g/mol. The Kier molecular flexibility index (Phi) is 5.71. The molecule has 6 rings (SSSR count). The zero-order chi connectivity index (χ0) is 24.7. The summed E-state index contributed by atoms with van der Waals surface area (Å²) in [5, 5.41) is 14.6. The molecule has 3 aromatic carbocycles. The summed E-state index contributed by atoms with van der Waals surface area (Å²) in [7, 11) is 0. The van der Waals surface area contributed by atoms with Gasteiger partial charge in [0, 0.05) is 23.8 Å². The summed E-state index contributed by atoms with van der Waals surface area (Å²) >= 11 is 0. The maximum absolute atomic E-state index is 13.4. The van der Waals surface area contributed by atoms with Crippen molar-refractivity contribution in [1.29, 1.82) is 0 Å². The van der Waals surface area contributed by atoms with Crippen molar-refractivity contribution in [3.05, 3.63) is 90.1 Å². The third-order valence-electron chi connectivity index (χ3n) is 8.18. The molecule has 0 bridgehead atoms. The van der Waals surface area contributed by atoms with Gasteiger partial charge in [0.05, 0.1) is 18.3 Å². The molecule has 0 amide bonds. The van der Waals surface area contributed by atoms with Gasteiger partial charge in [-0.05, 0) is 65.7 Å². The molecule has 5 heteroatoms. The van der Waals surface area contributed by atoms with Crippen LogP contribution in [0, 0.1) is 17.3 Å². The van der Waals surface area contributed by atoms with Gasteiger partial charge in [-0.3, -0.25) is 14.3 Å². The fourth-order valence-electron chi connectivity index (χ4n) is 6.67. The molecule has 0 aliphatic heterocycles. The summed E-state index contributed by atoms with van der Waals surface area (Å²) in [4.78, 5) is 24.3. The predicted molar refractivity (Wildman–Crippen MR) is 140 cm³/mol. The van der Waals surface area contributed by atoms with Gasteiger partial charge in [-0.25, -0.2) is 0 Å². The van der Waals surface area contributed by atoms with Crippen molar-refractivity contribution in [2.24, 2.45) is 17.3 Å². The molecule has 1 aromatic heterocycles. The molecule has 182 valence electrons. The Balaban J connectivity index is 1.14. The van der Waals surface area contributed by atoms with E-state index in [4.69, 9.17) is 5.11 Å². The quantitative estimate of drug-likeness (QED) is 0.289. The average Bonchev–Trinajstić information content (AvgIpc) is 3.25. The number of aliphatic carboxylic acids is 1. The summed E-state index contributed by atoms with van der Waals surface area (Å²) < 4.78 is 1.95. The maximum atomic E-state index is 13.4. The Morgan fingerprint density at radius 1 is 0.833 bits per heavy atom. The second-order valence-electron chi connectivity index (χ2n) is 10.9. The number of Topliss-reactive ketones (excluding diaryl/α,β-unsaturated/α-hetero) is 1. The minimum Gasteiger partial charge on any atom is -0.481 e. The van der Waals surface area contributed by atoms with E-state index >= 15 is 0 Å². The number of aromatic nitrogens is 2. The van der Waals surface area contributed by atoms with Crippen LogP contribution in [-0.4, -0.2) is 26.6 Å². The molecule has 0 atom stereocenters. The summed E-state index contributed by atoms with van der Waals surface area (Å²) in [6.07, 6.45) is 6.81. The number of rotatable bonds is 8. The number of carboxylic acids is 1. The van der Waals surface area contributed by atoms with Crippen LogP contribution in [0.3, 0.4) is 0 Å². The lowest BCUT2D eigenvalue weighted by atomic mass is 9.47. The van der Waals surface area contributed by atoms with Crippen LogP contribution in [0.25, 0.3) is 22.0 Å². The Labute approximate surface area is 210 Å². The van der Waals surface area contributed by atoms with Gasteiger partial charge >= 0.3 is 5.97 Å². The van der Waals surface area contributed by atoms with Crippen molar-refractivity contribution in [1.82, 2.24) is 9.78 Å². The third-order valence-corrected chi connectivity index (χ3v) is 8.18. The summed E-state index contributed by atoms with van der Waals surface area (Å²) in [6, 6.07) is 24.8. The lowest BCUT2D eigenvalue weighted by Gasteiger charge is -2.58. The molecule has 1 heterocycles. The van der Waals surface area contributed by atoms with Gasteiger partial charge in [0.25, 0.3) is 0 Å². The third kappa shape index (κ3) is 4.34. The van der Waals surface area contributed by atoms with Crippen LogP contribution in [0.1, 0.15) is 54.4 Å². The number of carbonyl (C=O) groups is 2. The minimum absolute atomic E-state index is 0.183. The van der Waals surface area contributed by atoms with E-state index in [9.17, 15) is 9.59 Å². The normalized spacial score (nSPS) is 22.8. The monoisotopic (exact) mass is 478 g/mol. The number of carbonyl (C=O) groups excluding carboxylic acids is 1. The molecule has 0 radical (unpaired) electrons. The highest BCUT2D eigenvalue weighted by Gasteiger charge is 2.53. The second kappa shape index (κ2) is 9.05. The molecule has 2 saturated carbocycles. The molecule has 2 aliphatic carbocycles. The zero-order valence-electron chi connectivity index (χ0n) is 20.3. The average molecular weight is 479 g/mol. The van der Waals surface area contributed by atoms with Gasteiger partial charge in [-0.1, -0.05) is 66.7 Å². The van der Waals surface area contributed by atoms with E-state index in [1.807, 2.05) is 47.3 Å². The number of nitrogens with zero attached hydrogens (tertiary/aromatic N) is 2. The standard InChI is InChI=1S/C31H30N2O3/c34-28(13-22-15-31(16-22)17-23(18-31)14-29(35)36)27-8-4-7-26-19-32-33(30(26)27)20-21-9-11-25(12-10-21)24-5-2-1-3-6-24/h1-12,19,22-23H,13-18,20H2,(H,35,36). The SMILES string of the molecule is O=C(O)CC1CC2(C1)CC(CC(=O)c1cccc3cnn(Cc4ccc(-c5ccccc5)cc4)c13)C2. The Bertz CT molecular complexity index is 1410. The summed E-state index contributed by atoms with van der Waals surface area (Å²) in [5.74, 6) is 0.213. The van der Waals surface area contributed by atoms with E-state index < -0.39 is 5.97 Å². The van der Waals surface area contributed by atoms with Crippen molar-refractivity contribution >= 4 is 22.7 Å². The Morgan fingerprint density at radius 3 is 2.19 bits per heavy atom. The molecule has 1 N–H and O–H groups in total. The highest BCUT2D eigenvalue weighted by atomic mass is 16.4. The smallest absolute Gasteiger partial charge is 0.303 e. The first-order valence-corrected chi connectivity index (χ1v) is 12.8. The zero-order valence-corrected chi connectivity index (χ0v) is 20.3. The summed E-state index contributed by atoms with van der Waals surface area (Å²) in [6.45, 7) is 0.611. The number of para-hydroxylation sites is 1. The van der Waals surface area contributed by atoms with Crippen molar-refractivity contribution in [3.8, 4) is 11.1 Å². The lowest BCUT2D eigenvalue weighted by molar-refractivity contribution is -0.142. The number of hydrogen-bond acceptors (Lipinski definition) is 3. The molecule has 2 aliphatic rings. The molecular formula is C31H30N2O3. The fourth-order valence-corrected chi connectivity index (χ4v) is 6.67. The highest BCUT2D eigenvalue weighted by molar-refractivity contribution is 6.07. The molecule has 0 saturated heterocycles. The van der Waals surface area contributed by atoms with Gasteiger partial charge in [-0.2, -0.15) is 5.10 Å². The first kappa shape index (κ1) is 22.7. The van der Waals surface area contributed by atoms with Crippen LogP contribution in [-0.2, 0) is 11.3 Å². The van der Waals surface area contributed by atoms with Crippen LogP contribution >= 0.6 is 0 Å². The van der Waals surface area contributed by atoms with Crippen LogP contribution in [0.15, 0.2) is 79.0 Å². The van der Waals surface area contributed by atoms with Gasteiger partial charge < -0.3 is 5.11 Å². The Hall–Kier alpha value is -3.73. The predicted octanol–water partition coefficient (Wildman–Crippen LogP) is 6.61. The maximum Gasteiger partial charge on any atom is 0.303 e. The first-order valence-electron chi connectivity index (χ1n) is 12.8. The van der Waals surface area contributed by atoms with Gasteiger partial charge in [0.2, 0.25) is 0 Å². The topological polar surface area (TPSA) is 72.2 Å². The van der Waals surface area contributed by atoms with Gasteiger partial charge in [0.15, 0.2) is 5.78 Å². The molecule has 5 nitrogen and oxygen atoms in total. The number of hydrogen-bond donors (Lipinski definition) is 1. The van der Waals surface area contributed by atoms with Gasteiger partial charge in [-0.15, -0.1) is 0 Å². The molecule has 1 spiro atoms. The van der Waals surface area contributed by atoms with Crippen LogP contribution in [0.4, 0.5) is 0 Å². The van der Waals surface area contributed by atoms with Crippen LogP contribution < -0.4 is 0 Å². The van der Waals surface area contributed by atoms with Crippen LogP contribution in [0.2, 0.25) is 0 Å². The van der Waals surface area contributed by atoms with Crippen molar-refractivity contribution in [2.45, 2.75) is 45.1 Å². The fraction of sp³-hybridized carbons (Fsp3) is 0.323. The molecule has 4 aromatic rings. The molecule has 2 fully saturated rings.